The van der Waals surface area contributed by atoms with E-state index in [0.29, 0.717) is 24.3 Å². The van der Waals surface area contributed by atoms with E-state index in [-0.39, 0.29) is 11.4 Å². The zero-order chi connectivity index (χ0) is 22.6. The molecule has 4 rings (SSSR count). The van der Waals surface area contributed by atoms with Crippen molar-refractivity contribution in [2.45, 2.75) is 30.2 Å². The molecule has 7 nitrogen and oxygen atoms in total. The largest absolute Gasteiger partial charge is 0.457 e. The van der Waals surface area contributed by atoms with Crippen LogP contribution in [0.1, 0.15) is 19.3 Å². The molecule has 0 bridgehead atoms. The number of benzene rings is 3. The molecule has 0 aromatic heterocycles. The van der Waals surface area contributed by atoms with E-state index in [1.165, 1.54) is 12.1 Å². The summed E-state index contributed by atoms with van der Waals surface area (Å²) in [6.45, 7) is 0.229. The van der Waals surface area contributed by atoms with Crippen molar-refractivity contribution in [3.05, 3.63) is 78.9 Å². The number of amides is 1. The lowest BCUT2D eigenvalue weighted by molar-refractivity contribution is -0.134. The van der Waals surface area contributed by atoms with Crippen LogP contribution in [0.3, 0.4) is 0 Å². The molecule has 1 aliphatic rings. The molecule has 2 N–H and O–H groups in total. The number of sulfonamides is 1. The van der Waals surface area contributed by atoms with E-state index in [4.69, 9.17) is 9.94 Å². The number of carbonyl (C=O) groups excluding carboxylic acids is 1. The maximum atomic E-state index is 13.1. The van der Waals surface area contributed by atoms with Gasteiger partial charge in [0.2, 0.25) is 10.0 Å². The SMILES string of the molecule is O=C(NO)[C@H]1CCCCN1S(=O)(=O)c1ccc(Oc2ccc(-c3ccccc3)cc2)cc1. The maximum Gasteiger partial charge on any atom is 0.261 e. The first-order valence-corrected chi connectivity index (χ1v) is 11.8. The summed E-state index contributed by atoms with van der Waals surface area (Å²) in [4.78, 5) is 12.0. The van der Waals surface area contributed by atoms with Gasteiger partial charge in [-0.15, -0.1) is 0 Å². The van der Waals surface area contributed by atoms with E-state index < -0.39 is 22.0 Å². The summed E-state index contributed by atoms with van der Waals surface area (Å²) in [5.74, 6) is 0.419. The van der Waals surface area contributed by atoms with Gasteiger partial charge in [-0.3, -0.25) is 10.0 Å². The Morgan fingerprint density at radius 2 is 1.47 bits per heavy atom. The molecule has 8 heteroatoms. The Bertz CT molecular complexity index is 1160. The Hall–Kier alpha value is -3.20. The molecule has 3 aromatic rings. The molecular formula is C24H24N2O5S. The third kappa shape index (κ3) is 4.67. The molecule has 1 atom stereocenters. The van der Waals surface area contributed by atoms with Gasteiger partial charge in [-0.1, -0.05) is 48.9 Å². The molecule has 1 amide bonds. The fraction of sp³-hybridized carbons (Fsp3) is 0.208. The van der Waals surface area contributed by atoms with Crippen molar-refractivity contribution in [1.82, 2.24) is 9.79 Å². The van der Waals surface area contributed by atoms with Crippen molar-refractivity contribution < 1.29 is 23.2 Å². The quantitative estimate of drug-likeness (QED) is 0.432. The average molecular weight is 453 g/mol. The molecule has 0 unspecified atom stereocenters. The van der Waals surface area contributed by atoms with Crippen molar-refractivity contribution in [2.75, 3.05) is 6.54 Å². The van der Waals surface area contributed by atoms with E-state index in [1.807, 2.05) is 54.6 Å². The van der Waals surface area contributed by atoms with Gasteiger partial charge in [0.1, 0.15) is 17.5 Å². The third-order valence-corrected chi connectivity index (χ3v) is 7.42. The standard InChI is InChI=1S/C24H24N2O5S/c27-24(25-28)23-8-4-5-17-26(23)32(29,30)22-15-13-21(14-16-22)31-20-11-9-19(10-12-20)18-6-2-1-3-7-18/h1-3,6-7,9-16,23,28H,4-5,8,17H2,(H,25,27)/t23-/m1/s1. The summed E-state index contributed by atoms with van der Waals surface area (Å²) in [5, 5.41) is 8.96. The third-order valence-electron chi connectivity index (χ3n) is 5.49. The highest BCUT2D eigenvalue weighted by Gasteiger charge is 2.37. The number of piperidine rings is 1. The summed E-state index contributed by atoms with van der Waals surface area (Å²) in [7, 11) is -3.89. The lowest BCUT2D eigenvalue weighted by atomic mass is 10.0. The highest BCUT2D eigenvalue weighted by atomic mass is 32.2. The molecule has 0 saturated carbocycles. The van der Waals surface area contributed by atoms with E-state index in [1.54, 1.807) is 17.6 Å². The maximum absolute atomic E-state index is 13.1. The van der Waals surface area contributed by atoms with Gasteiger partial charge in [-0.05, 0) is 60.4 Å². The Morgan fingerprint density at radius 1 is 0.875 bits per heavy atom. The molecule has 1 fully saturated rings. The minimum Gasteiger partial charge on any atom is -0.457 e. The van der Waals surface area contributed by atoms with Crippen molar-refractivity contribution in [2.24, 2.45) is 0 Å². The van der Waals surface area contributed by atoms with Crippen LogP contribution in [0.2, 0.25) is 0 Å². The first-order valence-electron chi connectivity index (χ1n) is 10.4. The lowest BCUT2D eigenvalue weighted by Crippen LogP contribution is -2.51. The number of nitrogens with one attached hydrogen (secondary N) is 1. The second-order valence-electron chi connectivity index (χ2n) is 7.57. The zero-order valence-electron chi connectivity index (χ0n) is 17.3. The van der Waals surface area contributed by atoms with Crippen molar-refractivity contribution >= 4 is 15.9 Å². The van der Waals surface area contributed by atoms with Gasteiger partial charge < -0.3 is 4.74 Å². The van der Waals surface area contributed by atoms with Crippen LogP contribution >= 0.6 is 0 Å². The molecule has 0 aliphatic carbocycles. The fourth-order valence-corrected chi connectivity index (χ4v) is 5.48. The first-order chi connectivity index (χ1) is 15.5. The summed E-state index contributed by atoms with van der Waals surface area (Å²) >= 11 is 0. The van der Waals surface area contributed by atoms with E-state index >= 15 is 0 Å². The van der Waals surface area contributed by atoms with Crippen LogP contribution in [0, 0.1) is 0 Å². The van der Waals surface area contributed by atoms with E-state index in [9.17, 15) is 13.2 Å². The minimum absolute atomic E-state index is 0.0712. The van der Waals surface area contributed by atoms with Crippen LogP contribution < -0.4 is 10.2 Å². The smallest absolute Gasteiger partial charge is 0.261 e. The molecule has 3 aromatic carbocycles. The highest BCUT2D eigenvalue weighted by Crippen LogP contribution is 2.29. The van der Waals surface area contributed by atoms with Crippen LogP contribution in [-0.4, -0.2) is 36.4 Å². The zero-order valence-corrected chi connectivity index (χ0v) is 18.2. The normalized spacial score (nSPS) is 17.0. The van der Waals surface area contributed by atoms with Gasteiger partial charge in [-0.2, -0.15) is 4.31 Å². The Morgan fingerprint density at radius 3 is 2.09 bits per heavy atom. The van der Waals surface area contributed by atoms with Crippen molar-refractivity contribution in [3.8, 4) is 22.6 Å². The van der Waals surface area contributed by atoms with Crippen LogP contribution in [0.5, 0.6) is 11.5 Å². The fourth-order valence-electron chi connectivity index (χ4n) is 3.83. The predicted molar refractivity (Wildman–Crippen MR) is 120 cm³/mol. The Kier molecular flexibility index (Phi) is 6.55. The number of rotatable bonds is 6. The number of hydrogen-bond acceptors (Lipinski definition) is 5. The summed E-state index contributed by atoms with van der Waals surface area (Å²) in [5.41, 5.74) is 3.76. The predicted octanol–water partition coefficient (Wildman–Crippen LogP) is 4.19. The van der Waals surface area contributed by atoms with Gasteiger partial charge in [0.25, 0.3) is 5.91 Å². The monoisotopic (exact) mass is 452 g/mol. The van der Waals surface area contributed by atoms with Gasteiger partial charge in [0.05, 0.1) is 4.90 Å². The number of nitrogens with zero attached hydrogens (tertiary/aromatic N) is 1. The van der Waals surface area contributed by atoms with E-state index in [2.05, 4.69) is 0 Å². The number of ether oxygens (including phenoxy) is 1. The second kappa shape index (κ2) is 9.52. The van der Waals surface area contributed by atoms with Crippen LogP contribution in [-0.2, 0) is 14.8 Å². The van der Waals surface area contributed by atoms with Gasteiger partial charge >= 0.3 is 0 Å². The molecule has 32 heavy (non-hydrogen) atoms. The molecular weight excluding hydrogens is 428 g/mol. The lowest BCUT2D eigenvalue weighted by Gasteiger charge is -2.33. The second-order valence-corrected chi connectivity index (χ2v) is 9.46. The summed E-state index contributed by atoms with van der Waals surface area (Å²) < 4.78 is 33.2. The molecule has 1 aliphatic heterocycles. The summed E-state index contributed by atoms with van der Waals surface area (Å²) in [6, 6.07) is 22.8. The van der Waals surface area contributed by atoms with Crippen molar-refractivity contribution in [3.63, 3.8) is 0 Å². The minimum atomic E-state index is -3.89. The molecule has 166 valence electrons. The van der Waals surface area contributed by atoms with Crippen LogP contribution in [0.4, 0.5) is 0 Å². The van der Waals surface area contributed by atoms with Gasteiger partial charge in [0.15, 0.2) is 0 Å². The Balaban J connectivity index is 1.48. The van der Waals surface area contributed by atoms with E-state index in [0.717, 1.165) is 21.9 Å². The number of carbonyl (C=O) groups is 1. The number of hydroxylamine groups is 1. The first kappa shape index (κ1) is 22.0. The average Bonchev–Trinajstić information content (AvgIpc) is 2.85. The van der Waals surface area contributed by atoms with Gasteiger partial charge in [0, 0.05) is 6.54 Å². The van der Waals surface area contributed by atoms with Crippen LogP contribution in [0.25, 0.3) is 11.1 Å². The highest BCUT2D eigenvalue weighted by molar-refractivity contribution is 7.89. The summed E-state index contributed by atoms with van der Waals surface area (Å²) in [6.07, 6.45) is 1.75. The Labute approximate surface area is 187 Å². The molecule has 1 saturated heterocycles. The van der Waals surface area contributed by atoms with Gasteiger partial charge in [-0.25, -0.2) is 13.9 Å². The topological polar surface area (TPSA) is 95.9 Å². The molecule has 0 spiro atoms. The number of hydrogen-bond donors (Lipinski definition) is 2. The van der Waals surface area contributed by atoms with Crippen LogP contribution in [0.15, 0.2) is 83.8 Å². The molecule has 1 heterocycles. The molecule has 0 radical (unpaired) electrons. The van der Waals surface area contributed by atoms with Crippen molar-refractivity contribution in [1.29, 1.82) is 0 Å².